The van der Waals surface area contributed by atoms with Crippen molar-refractivity contribution in [2.24, 2.45) is 0 Å². The van der Waals surface area contributed by atoms with Crippen LogP contribution in [0.5, 0.6) is 0 Å². The van der Waals surface area contributed by atoms with Gasteiger partial charge in [-0.15, -0.1) is 0 Å². The first-order chi connectivity index (χ1) is 4.31. The van der Waals surface area contributed by atoms with Crippen LogP contribution in [0.1, 0.15) is 26.2 Å². The van der Waals surface area contributed by atoms with Gasteiger partial charge in [0.05, 0.1) is 6.10 Å². The Bertz CT molecular complexity index is 56.9. The second-order valence-corrected chi connectivity index (χ2v) is 2.35. The van der Waals surface area contributed by atoms with E-state index in [1.807, 2.05) is 7.05 Å². The summed E-state index contributed by atoms with van der Waals surface area (Å²) < 4.78 is 0. The van der Waals surface area contributed by atoms with Crippen LogP contribution in [0.3, 0.4) is 0 Å². The zero-order valence-corrected chi connectivity index (χ0v) is 6.35. The minimum Gasteiger partial charge on any atom is -0.392 e. The molecule has 0 aromatic carbocycles. The SMILES string of the molecule is CCCCC(O)CNC. The summed E-state index contributed by atoms with van der Waals surface area (Å²) in [6, 6.07) is 0. The lowest BCUT2D eigenvalue weighted by Gasteiger charge is -2.07. The average Bonchev–Trinajstić information content (AvgIpc) is 1.85. The van der Waals surface area contributed by atoms with E-state index in [0.717, 1.165) is 19.4 Å². The van der Waals surface area contributed by atoms with E-state index in [1.165, 1.54) is 6.42 Å². The van der Waals surface area contributed by atoms with Crippen LogP contribution in [0, 0.1) is 0 Å². The zero-order chi connectivity index (χ0) is 7.11. The van der Waals surface area contributed by atoms with Crippen molar-refractivity contribution in [3.05, 3.63) is 0 Å². The molecular weight excluding hydrogens is 114 g/mol. The Morgan fingerprint density at radius 2 is 2.22 bits per heavy atom. The highest BCUT2D eigenvalue weighted by molar-refractivity contribution is 4.55. The summed E-state index contributed by atoms with van der Waals surface area (Å²) in [6.07, 6.45) is 3.08. The molecule has 0 saturated carbocycles. The molecular formula is C7H17NO. The second-order valence-electron chi connectivity index (χ2n) is 2.35. The third-order valence-electron chi connectivity index (χ3n) is 1.33. The molecule has 0 fully saturated rings. The van der Waals surface area contributed by atoms with Crippen molar-refractivity contribution in [1.82, 2.24) is 5.32 Å². The topological polar surface area (TPSA) is 32.3 Å². The molecule has 0 aromatic heterocycles. The number of hydrogen-bond donors (Lipinski definition) is 2. The Balaban J connectivity index is 2.95. The molecule has 0 radical (unpaired) electrons. The highest BCUT2D eigenvalue weighted by Gasteiger charge is 1.98. The Hall–Kier alpha value is -0.0800. The second kappa shape index (κ2) is 6.05. The van der Waals surface area contributed by atoms with Gasteiger partial charge >= 0.3 is 0 Å². The number of aliphatic hydroxyl groups is 1. The molecule has 2 nitrogen and oxygen atoms in total. The Kier molecular flexibility index (Phi) is 5.99. The van der Waals surface area contributed by atoms with Crippen LogP contribution in [-0.4, -0.2) is 24.8 Å². The number of nitrogens with one attached hydrogen (secondary N) is 1. The van der Waals surface area contributed by atoms with E-state index in [-0.39, 0.29) is 6.10 Å². The standard InChI is InChI=1S/C7H17NO/c1-3-4-5-7(9)6-8-2/h7-9H,3-6H2,1-2H3. The highest BCUT2D eigenvalue weighted by atomic mass is 16.3. The molecule has 1 atom stereocenters. The van der Waals surface area contributed by atoms with Crippen LogP contribution in [0.4, 0.5) is 0 Å². The predicted molar refractivity (Wildman–Crippen MR) is 39.5 cm³/mol. The quantitative estimate of drug-likeness (QED) is 0.577. The molecule has 0 spiro atoms. The van der Waals surface area contributed by atoms with Gasteiger partial charge in [0.2, 0.25) is 0 Å². The van der Waals surface area contributed by atoms with Crippen LogP contribution in [0.2, 0.25) is 0 Å². The summed E-state index contributed by atoms with van der Waals surface area (Å²) in [5.41, 5.74) is 0. The largest absolute Gasteiger partial charge is 0.392 e. The van der Waals surface area contributed by atoms with Gasteiger partial charge in [-0.25, -0.2) is 0 Å². The van der Waals surface area contributed by atoms with Crippen molar-refractivity contribution < 1.29 is 5.11 Å². The van der Waals surface area contributed by atoms with E-state index in [4.69, 9.17) is 5.11 Å². The molecule has 9 heavy (non-hydrogen) atoms. The smallest absolute Gasteiger partial charge is 0.0664 e. The van der Waals surface area contributed by atoms with E-state index < -0.39 is 0 Å². The molecule has 0 aromatic rings. The van der Waals surface area contributed by atoms with Gasteiger partial charge in [0.25, 0.3) is 0 Å². The fraction of sp³-hybridized carbons (Fsp3) is 1.00. The molecule has 2 N–H and O–H groups in total. The summed E-state index contributed by atoms with van der Waals surface area (Å²) in [5, 5.41) is 12.0. The predicted octanol–water partition coefficient (Wildman–Crippen LogP) is 0.757. The first-order valence-corrected chi connectivity index (χ1v) is 3.64. The van der Waals surface area contributed by atoms with Crippen LogP contribution in [0.25, 0.3) is 0 Å². The number of aliphatic hydroxyl groups excluding tert-OH is 1. The van der Waals surface area contributed by atoms with Gasteiger partial charge in [-0.2, -0.15) is 0 Å². The number of unbranched alkanes of at least 4 members (excludes halogenated alkanes) is 1. The van der Waals surface area contributed by atoms with Gasteiger partial charge in [-0.05, 0) is 13.5 Å². The van der Waals surface area contributed by atoms with Crippen molar-refractivity contribution in [2.45, 2.75) is 32.3 Å². The van der Waals surface area contributed by atoms with E-state index in [0.29, 0.717) is 0 Å². The lowest BCUT2D eigenvalue weighted by Crippen LogP contribution is -2.22. The van der Waals surface area contributed by atoms with Crippen molar-refractivity contribution in [2.75, 3.05) is 13.6 Å². The van der Waals surface area contributed by atoms with Crippen LogP contribution >= 0.6 is 0 Å². The lowest BCUT2D eigenvalue weighted by atomic mass is 10.2. The van der Waals surface area contributed by atoms with Gasteiger partial charge in [-0.1, -0.05) is 19.8 Å². The average molecular weight is 131 g/mol. The van der Waals surface area contributed by atoms with E-state index >= 15 is 0 Å². The molecule has 0 aliphatic carbocycles. The first-order valence-electron chi connectivity index (χ1n) is 3.64. The van der Waals surface area contributed by atoms with Gasteiger partial charge in [0.15, 0.2) is 0 Å². The maximum absolute atomic E-state index is 9.12. The van der Waals surface area contributed by atoms with Crippen molar-refractivity contribution in [3.63, 3.8) is 0 Å². The Morgan fingerprint density at radius 1 is 1.56 bits per heavy atom. The highest BCUT2D eigenvalue weighted by Crippen LogP contribution is 1.97. The summed E-state index contributed by atoms with van der Waals surface area (Å²) >= 11 is 0. The Labute approximate surface area is 57.3 Å². The zero-order valence-electron chi connectivity index (χ0n) is 6.35. The molecule has 0 aliphatic rings. The van der Waals surface area contributed by atoms with Gasteiger partial charge < -0.3 is 10.4 Å². The third-order valence-corrected chi connectivity index (χ3v) is 1.33. The molecule has 0 aliphatic heterocycles. The molecule has 0 saturated heterocycles. The van der Waals surface area contributed by atoms with Crippen LogP contribution in [0.15, 0.2) is 0 Å². The fourth-order valence-electron chi connectivity index (χ4n) is 0.777. The molecule has 1 unspecified atom stereocenters. The normalized spacial score (nSPS) is 13.7. The van der Waals surface area contributed by atoms with E-state index in [1.54, 1.807) is 0 Å². The van der Waals surface area contributed by atoms with Gasteiger partial charge in [-0.3, -0.25) is 0 Å². The maximum Gasteiger partial charge on any atom is 0.0664 e. The fourth-order valence-corrected chi connectivity index (χ4v) is 0.777. The molecule has 2 heteroatoms. The molecule has 56 valence electrons. The summed E-state index contributed by atoms with van der Waals surface area (Å²) in [7, 11) is 1.86. The summed E-state index contributed by atoms with van der Waals surface area (Å²) in [5.74, 6) is 0. The van der Waals surface area contributed by atoms with Crippen LogP contribution in [-0.2, 0) is 0 Å². The number of likely N-dealkylation sites (N-methyl/N-ethyl adjacent to an activating group) is 1. The first kappa shape index (κ1) is 8.92. The van der Waals surface area contributed by atoms with Crippen molar-refractivity contribution in [3.8, 4) is 0 Å². The van der Waals surface area contributed by atoms with E-state index in [9.17, 15) is 0 Å². The molecule has 0 rings (SSSR count). The van der Waals surface area contributed by atoms with Crippen molar-refractivity contribution in [1.29, 1.82) is 0 Å². The van der Waals surface area contributed by atoms with Gasteiger partial charge in [0.1, 0.15) is 0 Å². The number of rotatable bonds is 5. The Morgan fingerprint density at radius 3 is 2.67 bits per heavy atom. The third kappa shape index (κ3) is 5.80. The summed E-state index contributed by atoms with van der Waals surface area (Å²) in [4.78, 5) is 0. The minimum atomic E-state index is -0.144. The molecule has 0 bridgehead atoms. The monoisotopic (exact) mass is 131 g/mol. The van der Waals surface area contributed by atoms with E-state index in [2.05, 4.69) is 12.2 Å². The lowest BCUT2D eigenvalue weighted by molar-refractivity contribution is 0.161. The maximum atomic E-state index is 9.12. The number of hydrogen-bond acceptors (Lipinski definition) is 2. The van der Waals surface area contributed by atoms with Gasteiger partial charge in [0, 0.05) is 6.54 Å². The molecule has 0 amide bonds. The van der Waals surface area contributed by atoms with Crippen molar-refractivity contribution >= 4 is 0 Å². The van der Waals surface area contributed by atoms with Crippen LogP contribution < -0.4 is 5.32 Å². The minimum absolute atomic E-state index is 0.144. The summed E-state index contributed by atoms with van der Waals surface area (Å²) in [6.45, 7) is 2.85. The molecule has 0 heterocycles.